The van der Waals surface area contributed by atoms with Crippen molar-refractivity contribution in [2.75, 3.05) is 19.8 Å². The number of nitrogens with one attached hydrogen (secondary N) is 1. The first kappa shape index (κ1) is 12.6. The molecule has 110 valence electrons. The number of aromatic nitrogens is 3. The van der Waals surface area contributed by atoms with Crippen LogP contribution in [-0.4, -0.2) is 34.5 Å². The highest BCUT2D eigenvalue weighted by Gasteiger charge is 2.25. The number of fused-ring (bicyclic) bond motifs is 2. The van der Waals surface area contributed by atoms with Crippen molar-refractivity contribution in [2.24, 2.45) is 7.05 Å². The van der Waals surface area contributed by atoms with Gasteiger partial charge in [0, 0.05) is 19.5 Å². The maximum absolute atomic E-state index is 5.71. The second-order valence-corrected chi connectivity index (χ2v) is 5.46. The minimum atomic E-state index is 0.243. The molecule has 6 nitrogen and oxygen atoms in total. The highest BCUT2D eigenvalue weighted by Crippen LogP contribution is 2.37. The molecule has 1 N–H and O–H groups in total. The van der Waals surface area contributed by atoms with Gasteiger partial charge in [-0.05, 0) is 36.2 Å². The number of ether oxygens (including phenoxy) is 2. The van der Waals surface area contributed by atoms with Gasteiger partial charge in [-0.3, -0.25) is 4.68 Å². The van der Waals surface area contributed by atoms with E-state index >= 15 is 0 Å². The van der Waals surface area contributed by atoms with Crippen molar-refractivity contribution in [1.82, 2.24) is 20.1 Å². The van der Waals surface area contributed by atoms with Gasteiger partial charge in [0.2, 0.25) is 0 Å². The quantitative estimate of drug-likeness (QED) is 0.893. The first-order valence-corrected chi connectivity index (χ1v) is 7.30. The van der Waals surface area contributed by atoms with Crippen LogP contribution < -0.4 is 14.8 Å². The molecule has 1 unspecified atom stereocenters. The molecule has 2 aliphatic heterocycles. The van der Waals surface area contributed by atoms with Crippen LogP contribution in [0.4, 0.5) is 0 Å². The Morgan fingerprint density at radius 2 is 2.10 bits per heavy atom. The second kappa shape index (κ2) is 5.04. The fourth-order valence-corrected chi connectivity index (χ4v) is 3.05. The minimum absolute atomic E-state index is 0.243. The molecule has 0 saturated heterocycles. The molecule has 0 radical (unpaired) electrons. The lowest BCUT2D eigenvalue weighted by atomic mass is 9.91. The molecule has 0 amide bonds. The van der Waals surface area contributed by atoms with Gasteiger partial charge < -0.3 is 14.8 Å². The molecule has 0 fully saturated rings. The third kappa shape index (κ3) is 2.25. The van der Waals surface area contributed by atoms with E-state index in [1.165, 1.54) is 11.1 Å². The van der Waals surface area contributed by atoms with E-state index in [0.29, 0.717) is 13.2 Å². The Hall–Kier alpha value is -2.08. The maximum atomic E-state index is 5.71. The Labute approximate surface area is 123 Å². The summed E-state index contributed by atoms with van der Waals surface area (Å²) in [5.74, 6) is 2.71. The normalized spacial score (nSPS) is 20.1. The predicted octanol–water partition coefficient (Wildman–Crippen LogP) is 1.02. The molecule has 6 heteroatoms. The van der Waals surface area contributed by atoms with E-state index in [0.717, 1.165) is 36.7 Å². The Morgan fingerprint density at radius 1 is 1.29 bits per heavy atom. The molecule has 2 aliphatic rings. The Kier molecular flexibility index (Phi) is 3.03. The van der Waals surface area contributed by atoms with Gasteiger partial charge in [-0.1, -0.05) is 0 Å². The summed E-state index contributed by atoms with van der Waals surface area (Å²) in [5.41, 5.74) is 2.62. The van der Waals surface area contributed by atoms with E-state index in [1.54, 1.807) is 6.33 Å². The molecule has 3 heterocycles. The lowest BCUT2D eigenvalue weighted by Crippen LogP contribution is -2.32. The number of hydrogen-bond donors (Lipinski definition) is 1. The molecule has 21 heavy (non-hydrogen) atoms. The molecular weight excluding hydrogens is 268 g/mol. The average Bonchev–Trinajstić information content (AvgIpc) is 2.91. The van der Waals surface area contributed by atoms with Crippen LogP contribution in [0.5, 0.6) is 11.5 Å². The van der Waals surface area contributed by atoms with Crippen molar-refractivity contribution in [3.05, 3.63) is 35.4 Å². The van der Waals surface area contributed by atoms with Crippen molar-refractivity contribution in [2.45, 2.75) is 18.9 Å². The molecule has 0 aliphatic carbocycles. The molecule has 4 rings (SSSR count). The van der Waals surface area contributed by atoms with E-state index in [9.17, 15) is 0 Å². The van der Waals surface area contributed by atoms with Crippen molar-refractivity contribution < 1.29 is 9.47 Å². The van der Waals surface area contributed by atoms with Gasteiger partial charge >= 0.3 is 0 Å². The predicted molar refractivity (Wildman–Crippen MR) is 76.6 cm³/mol. The lowest BCUT2D eigenvalue weighted by Gasteiger charge is -2.29. The van der Waals surface area contributed by atoms with Crippen LogP contribution >= 0.6 is 0 Å². The summed E-state index contributed by atoms with van der Waals surface area (Å²) in [7, 11) is 1.93. The van der Waals surface area contributed by atoms with E-state index < -0.39 is 0 Å². The van der Waals surface area contributed by atoms with Gasteiger partial charge in [0.15, 0.2) is 11.5 Å². The van der Waals surface area contributed by atoms with Crippen molar-refractivity contribution in [1.29, 1.82) is 0 Å². The van der Waals surface area contributed by atoms with Crippen molar-refractivity contribution in [3.63, 3.8) is 0 Å². The Bertz CT molecular complexity index is 668. The lowest BCUT2D eigenvalue weighted by molar-refractivity contribution is 0.171. The van der Waals surface area contributed by atoms with Gasteiger partial charge in [0.25, 0.3) is 0 Å². The molecule has 1 atom stereocenters. The van der Waals surface area contributed by atoms with Crippen LogP contribution in [0.3, 0.4) is 0 Å². The standard InChI is InChI=1S/C15H18N4O2/c1-19-15(17-9-18-19)8-12-11-7-14-13(20-4-5-21-14)6-10(11)2-3-16-12/h6-7,9,12,16H,2-5,8H2,1H3. The van der Waals surface area contributed by atoms with Crippen LogP contribution in [0.15, 0.2) is 18.5 Å². The summed E-state index contributed by atoms with van der Waals surface area (Å²) in [5, 5.41) is 7.71. The van der Waals surface area contributed by atoms with Crippen LogP contribution in [0, 0.1) is 0 Å². The fraction of sp³-hybridized carbons (Fsp3) is 0.467. The molecule has 0 bridgehead atoms. The van der Waals surface area contributed by atoms with Crippen LogP contribution in [0.25, 0.3) is 0 Å². The third-order valence-electron chi connectivity index (χ3n) is 4.16. The van der Waals surface area contributed by atoms with Crippen molar-refractivity contribution in [3.8, 4) is 11.5 Å². The second-order valence-electron chi connectivity index (χ2n) is 5.46. The smallest absolute Gasteiger partial charge is 0.161 e. The minimum Gasteiger partial charge on any atom is -0.486 e. The summed E-state index contributed by atoms with van der Waals surface area (Å²) < 4.78 is 13.2. The molecule has 2 aromatic rings. The topological polar surface area (TPSA) is 61.2 Å². The zero-order valence-corrected chi connectivity index (χ0v) is 12.0. The van der Waals surface area contributed by atoms with E-state index in [-0.39, 0.29) is 6.04 Å². The van der Waals surface area contributed by atoms with Gasteiger partial charge in [-0.25, -0.2) is 4.98 Å². The average molecular weight is 286 g/mol. The summed E-state index contributed by atoms with van der Waals surface area (Å²) in [6.07, 6.45) is 3.44. The zero-order valence-electron chi connectivity index (χ0n) is 12.0. The number of aryl methyl sites for hydroxylation is 1. The van der Waals surface area contributed by atoms with Crippen molar-refractivity contribution >= 4 is 0 Å². The molecule has 1 aromatic heterocycles. The van der Waals surface area contributed by atoms with E-state index in [2.05, 4.69) is 27.5 Å². The molecule has 0 spiro atoms. The molecule has 0 saturated carbocycles. The summed E-state index contributed by atoms with van der Waals surface area (Å²) >= 11 is 0. The summed E-state index contributed by atoms with van der Waals surface area (Å²) in [6.45, 7) is 2.22. The van der Waals surface area contributed by atoms with Gasteiger partial charge in [-0.15, -0.1) is 0 Å². The zero-order chi connectivity index (χ0) is 14.2. The van der Waals surface area contributed by atoms with E-state index in [1.807, 2.05) is 11.7 Å². The highest BCUT2D eigenvalue weighted by atomic mass is 16.6. The highest BCUT2D eigenvalue weighted by molar-refractivity contribution is 5.50. The van der Waals surface area contributed by atoms with Crippen LogP contribution in [0.2, 0.25) is 0 Å². The first-order valence-electron chi connectivity index (χ1n) is 7.30. The van der Waals surface area contributed by atoms with Crippen LogP contribution in [-0.2, 0) is 19.9 Å². The van der Waals surface area contributed by atoms with Gasteiger partial charge in [-0.2, -0.15) is 5.10 Å². The fourth-order valence-electron chi connectivity index (χ4n) is 3.05. The van der Waals surface area contributed by atoms with E-state index in [4.69, 9.17) is 9.47 Å². The maximum Gasteiger partial charge on any atom is 0.161 e. The van der Waals surface area contributed by atoms with Crippen LogP contribution in [0.1, 0.15) is 23.0 Å². The number of hydrogen-bond acceptors (Lipinski definition) is 5. The largest absolute Gasteiger partial charge is 0.486 e. The monoisotopic (exact) mass is 286 g/mol. The SMILES string of the molecule is Cn1ncnc1CC1NCCc2cc3c(cc21)OCCO3. The van der Waals surface area contributed by atoms with Gasteiger partial charge in [0.05, 0.1) is 0 Å². The molecular formula is C15H18N4O2. The number of nitrogens with zero attached hydrogens (tertiary/aromatic N) is 3. The number of benzene rings is 1. The third-order valence-corrected chi connectivity index (χ3v) is 4.16. The summed E-state index contributed by atoms with van der Waals surface area (Å²) in [4.78, 5) is 4.33. The Morgan fingerprint density at radius 3 is 2.86 bits per heavy atom. The molecule has 1 aromatic carbocycles. The van der Waals surface area contributed by atoms with Gasteiger partial charge in [0.1, 0.15) is 25.4 Å². The number of rotatable bonds is 2. The first-order chi connectivity index (χ1) is 10.3. The summed E-state index contributed by atoms with van der Waals surface area (Å²) in [6, 6.07) is 4.50. The Balaban J connectivity index is 1.68.